The molecule has 4 atom stereocenters. The van der Waals surface area contributed by atoms with Crippen LogP contribution in [0.1, 0.15) is 81.1 Å². The summed E-state index contributed by atoms with van der Waals surface area (Å²) in [6.07, 6.45) is 1.33. The molecule has 4 rings (SSSR count). The van der Waals surface area contributed by atoms with Crippen molar-refractivity contribution in [1.82, 2.24) is 24.9 Å². The first-order valence-corrected chi connectivity index (χ1v) is 16.0. The Hall–Kier alpha value is -3.66. The van der Waals surface area contributed by atoms with Gasteiger partial charge in [0.15, 0.2) is 6.04 Å². The summed E-state index contributed by atoms with van der Waals surface area (Å²) in [6.45, 7) is 14.3. The van der Waals surface area contributed by atoms with E-state index in [1.54, 1.807) is 41.5 Å². The lowest BCUT2D eigenvalue weighted by Gasteiger charge is -2.52. The Morgan fingerprint density at radius 2 is 1.15 bits per heavy atom. The van der Waals surface area contributed by atoms with Gasteiger partial charge in [-0.2, -0.15) is 0 Å². The predicted molar refractivity (Wildman–Crippen MR) is 166 cm³/mol. The van der Waals surface area contributed by atoms with Gasteiger partial charge >= 0.3 is 18.2 Å². The summed E-state index contributed by atoms with van der Waals surface area (Å²) in [4.78, 5) is 78.6. The monoisotopic (exact) mass is 669 g/mol. The molecule has 4 saturated heterocycles. The summed E-state index contributed by atoms with van der Waals surface area (Å²) in [7, 11) is 0. The van der Waals surface area contributed by atoms with Crippen LogP contribution in [0, 0.1) is 0 Å². The summed E-state index contributed by atoms with van der Waals surface area (Å²) in [5.41, 5.74) is -3.25. The number of nitrogens with one attached hydrogen (secondary N) is 1. The number of carbonyl (C=O) groups is 6. The SMILES string of the molecule is CC(C)(C)OC(=O)N1CCCC12CN([C@@H](CO)C(=O)O)C2=O.CC(C)NC(=O)[C@H](CO)N1CC2(CCCN2C(=O)OC(C)(C)C)C1=O. The summed E-state index contributed by atoms with van der Waals surface area (Å²) in [5, 5.41) is 30.4. The minimum absolute atomic E-state index is 0.0865. The van der Waals surface area contributed by atoms with Crippen LogP contribution >= 0.6 is 0 Å². The lowest BCUT2D eigenvalue weighted by molar-refractivity contribution is -0.173. The first-order chi connectivity index (χ1) is 21.6. The lowest BCUT2D eigenvalue weighted by Crippen LogP contribution is -2.76. The number of nitrogens with zero attached hydrogens (tertiary/aromatic N) is 4. The zero-order valence-electron chi connectivity index (χ0n) is 28.7. The molecule has 0 radical (unpaired) electrons. The van der Waals surface area contributed by atoms with Gasteiger partial charge in [-0.25, -0.2) is 14.4 Å². The Morgan fingerprint density at radius 1 is 0.766 bits per heavy atom. The largest absolute Gasteiger partial charge is 0.480 e. The van der Waals surface area contributed by atoms with Crippen LogP contribution in [0.25, 0.3) is 0 Å². The highest BCUT2D eigenvalue weighted by Gasteiger charge is 2.63. The number of hydrogen-bond acceptors (Lipinski definition) is 10. The molecule has 4 N–H and O–H groups in total. The zero-order valence-corrected chi connectivity index (χ0v) is 28.7. The Kier molecular flexibility index (Phi) is 11.1. The van der Waals surface area contributed by atoms with Gasteiger partial charge in [0.2, 0.25) is 5.91 Å². The van der Waals surface area contributed by atoms with Crippen LogP contribution in [0.3, 0.4) is 0 Å². The number of rotatable bonds is 7. The Balaban J connectivity index is 0.000000257. The van der Waals surface area contributed by atoms with Gasteiger partial charge in [0.25, 0.3) is 11.8 Å². The van der Waals surface area contributed by atoms with Gasteiger partial charge in [-0.15, -0.1) is 0 Å². The van der Waals surface area contributed by atoms with Crippen molar-refractivity contribution in [2.24, 2.45) is 0 Å². The number of carboxylic acids is 1. The Bertz CT molecular complexity index is 1250. The maximum Gasteiger partial charge on any atom is 0.411 e. The van der Waals surface area contributed by atoms with E-state index in [1.807, 2.05) is 13.8 Å². The van der Waals surface area contributed by atoms with Crippen LogP contribution in [0.4, 0.5) is 9.59 Å². The van der Waals surface area contributed by atoms with Gasteiger partial charge < -0.3 is 39.9 Å². The quantitative estimate of drug-likeness (QED) is 0.275. The molecule has 0 aromatic rings. The van der Waals surface area contributed by atoms with Crippen molar-refractivity contribution < 1.29 is 53.6 Å². The molecule has 5 amide bonds. The molecule has 4 fully saturated rings. The minimum Gasteiger partial charge on any atom is -0.480 e. The van der Waals surface area contributed by atoms with E-state index in [4.69, 9.17) is 19.7 Å². The van der Waals surface area contributed by atoms with E-state index < -0.39 is 71.6 Å². The topological polar surface area (TPSA) is 207 Å². The number of aliphatic carboxylic acids is 1. The number of aliphatic hydroxyl groups excluding tert-OH is 2. The normalized spacial score (nSPS) is 25.3. The Labute approximate surface area is 275 Å². The van der Waals surface area contributed by atoms with Crippen LogP contribution in [0.15, 0.2) is 0 Å². The molecular formula is C31H51N5O11. The molecule has 16 nitrogen and oxygen atoms in total. The molecule has 4 heterocycles. The third-order valence-corrected chi connectivity index (χ3v) is 8.50. The fourth-order valence-corrected chi connectivity index (χ4v) is 6.41. The molecule has 4 aliphatic heterocycles. The summed E-state index contributed by atoms with van der Waals surface area (Å²) >= 11 is 0. The second kappa shape index (κ2) is 13.8. The average Bonchev–Trinajstić information content (AvgIpc) is 3.59. The van der Waals surface area contributed by atoms with Crippen molar-refractivity contribution in [3.05, 3.63) is 0 Å². The summed E-state index contributed by atoms with van der Waals surface area (Å²) in [5.74, 6) is -2.37. The molecule has 0 bridgehead atoms. The van der Waals surface area contributed by atoms with E-state index in [-0.39, 0.29) is 30.9 Å². The molecule has 0 aromatic heterocycles. The van der Waals surface area contributed by atoms with Gasteiger partial charge in [0, 0.05) is 19.1 Å². The molecule has 2 spiro atoms. The molecule has 0 aromatic carbocycles. The number of β-lactam (4-membered cyclic amide) rings is 2. The highest BCUT2D eigenvalue weighted by molar-refractivity contribution is 6.00. The lowest BCUT2D eigenvalue weighted by atomic mass is 9.84. The maximum absolute atomic E-state index is 12.8. The van der Waals surface area contributed by atoms with E-state index >= 15 is 0 Å². The highest BCUT2D eigenvalue weighted by Crippen LogP contribution is 2.42. The molecule has 2 unspecified atom stereocenters. The Morgan fingerprint density at radius 3 is 1.45 bits per heavy atom. The molecule has 47 heavy (non-hydrogen) atoms. The van der Waals surface area contributed by atoms with Crippen molar-refractivity contribution in [2.45, 2.75) is 121 Å². The van der Waals surface area contributed by atoms with Gasteiger partial charge in [0.1, 0.15) is 28.3 Å². The minimum atomic E-state index is -1.26. The molecule has 0 saturated carbocycles. The van der Waals surface area contributed by atoms with Gasteiger partial charge in [-0.05, 0) is 81.1 Å². The van der Waals surface area contributed by atoms with Crippen molar-refractivity contribution in [2.75, 3.05) is 39.4 Å². The van der Waals surface area contributed by atoms with Crippen molar-refractivity contribution >= 4 is 35.9 Å². The number of carbonyl (C=O) groups excluding carboxylic acids is 5. The van der Waals surface area contributed by atoms with Crippen molar-refractivity contribution in [3.8, 4) is 0 Å². The second-order valence-corrected chi connectivity index (χ2v) is 14.8. The smallest absolute Gasteiger partial charge is 0.411 e. The van der Waals surface area contributed by atoms with Gasteiger partial charge in [0.05, 0.1) is 26.3 Å². The number of hydrogen-bond donors (Lipinski definition) is 4. The third kappa shape index (κ3) is 7.74. The number of likely N-dealkylation sites (tertiary alicyclic amines) is 4. The van der Waals surface area contributed by atoms with Crippen molar-refractivity contribution in [3.63, 3.8) is 0 Å². The number of ether oxygens (including phenoxy) is 2. The molecular weight excluding hydrogens is 618 g/mol. The van der Waals surface area contributed by atoms with Crippen LogP contribution in [0.2, 0.25) is 0 Å². The fraction of sp³-hybridized carbons (Fsp3) is 0.806. The second-order valence-electron chi connectivity index (χ2n) is 14.8. The van der Waals surface area contributed by atoms with Gasteiger partial charge in [-0.1, -0.05) is 0 Å². The number of carboxylic acid groups (broad SMARTS) is 1. The van der Waals surface area contributed by atoms with Gasteiger partial charge in [-0.3, -0.25) is 24.2 Å². The first-order valence-electron chi connectivity index (χ1n) is 16.0. The summed E-state index contributed by atoms with van der Waals surface area (Å²) < 4.78 is 10.7. The van der Waals surface area contributed by atoms with Crippen LogP contribution in [-0.2, 0) is 28.7 Å². The third-order valence-electron chi connectivity index (χ3n) is 8.50. The highest BCUT2D eigenvalue weighted by atomic mass is 16.6. The van der Waals surface area contributed by atoms with Crippen LogP contribution < -0.4 is 5.32 Å². The standard InChI is InChI=1S/C17H29N3O5.C14H22N2O6/c1-11(2)18-13(22)12(9-21)19-10-17(14(19)23)7-6-8-20(17)15(24)25-16(3,4)5;1-13(2,3)22-12(21)16-6-4-5-14(16)8-15(11(14)20)9(7-17)10(18)19/h11-12,21H,6-10H2,1-5H3,(H,18,22);9,17H,4-8H2,1-3H3,(H,18,19)/t12-,17?;9-,14?/m00/s1. The molecule has 0 aliphatic carbocycles. The average molecular weight is 670 g/mol. The fourth-order valence-electron chi connectivity index (χ4n) is 6.41. The predicted octanol–water partition coefficient (Wildman–Crippen LogP) is 0.528. The zero-order chi connectivity index (χ0) is 35.7. The van der Waals surface area contributed by atoms with E-state index in [0.29, 0.717) is 38.8 Å². The van der Waals surface area contributed by atoms with E-state index in [9.17, 15) is 33.9 Å². The number of amides is 5. The van der Waals surface area contributed by atoms with Crippen molar-refractivity contribution in [1.29, 1.82) is 0 Å². The maximum atomic E-state index is 12.8. The van der Waals surface area contributed by atoms with E-state index in [1.165, 1.54) is 14.7 Å². The number of aliphatic hydroxyl groups is 2. The molecule has 16 heteroatoms. The molecule has 266 valence electrons. The molecule has 4 aliphatic rings. The van der Waals surface area contributed by atoms with E-state index in [2.05, 4.69) is 5.32 Å². The first kappa shape index (κ1) is 37.8. The van der Waals surface area contributed by atoms with Crippen LogP contribution in [0.5, 0.6) is 0 Å². The summed E-state index contributed by atoms with van der Waals surface area (Å²) in [6, 6.07) is -2.28. The van der Waals surface area contributed by atoms with E-state index in [0.717, 1.165) is 4.90 Å². The van der Waals surface area contributed by atoms with Crippen LogP contribution in [-0.4, -0.2) is 151 Å².